The lowest BCUT2D eigenvalue weighted by Crippen LogP contribution is -2.18. The Kier molecular flexibility index (Phi) is 7.33. The van der Waals surface area contributed by atoms with E-state index in [1.807, 2.05) is 16.8 Å². The van der Waals surface area contributed by atoms with Crippen molar-refractivity contribution >= 4 is 28.1 Å². The quantitative estimate of drug-likeness (QED) is 0.410. The van der Waals surface area contributed by atoms with Crippen LogP contribution in [0.2, 0.25) is 0 Å². The van der Waals surface area contributed by atoms with Crippen LogP contribution in [-0.4, -0.2) is 22.0 Å². The summed E-state index contributed by atoms with van der Waals surface area (Å²) in [6.07, 6.45) is 1.81. The largest absolute Gasteiger partial charge is 0.493 e. The smallest absolute Gasteiger partial charge is 0.214 e. The fourth-order valence-electron chi connectivity index (χ4n) is 2.95. The van der Waals surface area contributed by atoms with Gasteiger partial charge in [-0.2, -0.15) is 5.10 Å². The Morgan fingerprint density at radius 1 is 1.21 bits per heavy atom. The SMILES string of the molecule is CCCc1n[nH]c(=S)n1NCc1c(Br)ccc(OC)c1OCc1ccc(C)cc1. The summed E-state index contributed by atoms with van der Waals surface area (Å²) in [6.45, 7) is 5.12. The number of benzene rings is 2. The van der Waals surface area contributed by atoms with E-state index in [1.54, 1.807) is 7.11 Å². The predicted molar refractivity (Wildman–Crippen MR) is 121 cm³/mol. The van der Waals surface area contributed by atoms with Gasteiger partial charge in [-0.15, -0.1) is 0 Å². The van der Waals surface area contributed by atoms with Gasteiger partial charge in [0.05, 0.1) is 13.7 Å². The van der Waals surface area contributed by atoms with Crippen molar-refractivity contribution in [2.24, 2.45) is 0 Å². The van der Waals surface area contributed by atoms with Crippen LogP contribution in [0.3, 0.4) is 0 Å². The second-order valence-electron chi connectivity index (χ2n) is 6.70. The molecule has 1 heterocycles. The first-order chi connectivity index (χ1) is 14.0. The van der Waals surface area contributed by atoms with Gasteiger partial charge in [-0.1, -0.05) is 52.7 Å². The molecule has 2 N–H and O–H groups in total. The minimum Gasteiger partial charge on any atom is -0.493 e. The third kappa shape index (κ3) is 5.19. The topological polar surface area (TPSA) is 64.1 Å². The van der Waals surface area contributed by atoms with Gasteiger partial charge in [0.15, 0.2) is 17.3 Å². The summed E-state index contributed by atoms with van der Waals surface area (Å²) in [6, 6.07) is 12.1. The first-order valence-corrected chi connectivity index (χ1v) is 10.7. The first-order valence-electron chi connectivity index (χ1n) is 9.47. The molecule has 0 bridgehead atoms. The Balaban J connectivity index is 1.85. The zero-order valence-electron chi connectivity index (χ0n) is 16.8. The summed E-state index contributed by atoms with van der Waals surface area (Å²) in [4.78, 5) is 0. The number of hydrogen-bond acceptors (Lipinski definition) is 5. The average Bonchev–Trinajstić information content (AvgIpc) is 3.06. The number of H-pyrrole nitrogens is 1. The molecule has 3 rings (SSSR count). The van der Waals surface area contributed by atoms with Crippen LogP contribution in [0, 0.1) is 11.7 Å². The molecule has 0 saturated heterocycles. The molecule has 2 aromatic carbocycles. The minimum absolute atomic E-state index is 0.451. The molecular weight excluding hydrogens is 452 g/mol. The van der Waals surface area contributed by atoms with Gasteiger partial charge in [0.2, 0.25) is 4.77 Å². The van der Waals surface area contributed by atoms with Crippen LogP contribution < -0.4 is 14.9 Å². The number of nitrogens with one attached hydrogen (secondary N) is 2. The van der Waals surface area contributed by atoms with Crippen LogP contribution in [0.15, 0.2) is 40.9 Å². The van der Waals surface area contributed by atoms with E-state index in [1.165, 1.54) is 5.56 Å². The van der Waals surface area contributed by atoms with Gasteiger partial charge in [-0.05, 0) is 43.3 Å². The van der Waals surface area contributed by atoms with Crippen molar-refractivity contribution in [1.82, 2.24) is 14.9 Å². The van der Waals surface area contributed by atoms with Crippen molar-refractivity contribution in [3.63, 3.8) is 0 Å². The summed E-state index contributed by atoms with van der Waals surface area (Å²) < 4.78 is 15.0. The molecule has 8 heteroatoms. The third-order valence-electron chi connectivity index (χ3n) is 4.52. The molecule has 0 fully saturated rings. The third-order valence-corrected chi connectivity index (χ3v) is 5.54. The van der Waals surface area contributed by atoms with E-state index < -0.39 is 0 Å². The lowest BCUT2D eigenvalue weighted by Gasteiger charge is -2.18. The molecule has 3 aromatic rings. The fraction of sp³-hybridized carbons (Fsp3) is 0.333. The van der Waals surface area contributed by atoms with Crippen molar-refractivity contribution in [2.45, 2.75) is 39.8 Å². The van der Waals surface area contributed by atoms with E-state index in [9.17, 15) is 0 Å². The van der Waals surface area contributed by atoms with E-state index in [4.69, 9.17) is 21.7 Å². The van der Waals surface area contributed by atoms with Gasteiger partial charge < -0.3 is 14.9 Å². The molecule has 0 aliphatic carbocycles. The number of nitrogens with zero attached hydrogens (tertiary/aromatic N) is 2. The van der Waals surface area contributed by atoms with Gasteiger partial charge in [0.25, 0.3) is 0 Å². The summed E-state index contributed by atoms with van der Waals surface area (Å²) in [7, 11) is 1.64. The molecule has 0 saturated carbocycles. The van der Waals surface area contributed by atoms with Crippen molar-refractivity contribution in [2.75, 3.05) is 12.5 Å². The summed E-state index contributed by atoms with van der Waals surface area (Å²) in [5, 5.41) is 7.14. The van der Waals surface area contributed by atoms with Crippen LogP contribution in [0.1, 0.15) is 35.9 Å². The van der Waals surface area contributed by atoms with Crippen molar-refractivity contribution in [3.05, 3.63) is 68.2 Å². The molecule has 154 valence electrons. The Morgan fingerprint density at radius 3 is 2.66 bits per heavy atom. The number of aromatic amines is 1. The highest BCUT2D eigenvalue weighted by Gasteiger charge is 2.16. The number of ether oxygens (including phenoxy) is 2. The first kappa shape index (κ1) is 21.4. The Labute approximate surface area is 184 Å². The minimum atomic E-state index is 0.451. The maximum Gasteiger partial charge on any atom is 0.214 e. The molecule has 0 spiro atoms. The van der Waals surface area contributed by atoms with Crippen LogP contribution in [0.25, 0.3) is 0 Å². The second kappa shape index (κ2) is 9.93. The molecule has 0 radical (unpaired) electrons. The van der Waals surface area contributed by atoms with E-state index in [-0.39, 0.29) is 0 Å². The van der Waals surface area contributed by atoms with Crippen LogP contribution >= 0.6 is 28.1 Å². The Bertz CT molecular complexity index is 1010. The maximum absolute atomic E-state index is 6.19. The van der Waals surface area contributed by atoms with Gasteiger partial charge in [-0.3, -0.25) is 5.10 Å². The van der Waals surface area contributed by atoms with Gasteiger partial charge in [0.1, 0.15) is 6.61 Å². The molecule has 29 heavy (non-hydrogen) atoms. The van der Waals surface area contributed by atoms with Crippen molar-refractivity contribution in [1.29, 1.82) is 0 Å². The number of aryl methyl sites for hydroxylation is 2. The van der Waals surface area contributed by atoms with Gasteiger partial charge in [0, 0.05) is 16.5 Å². The van der Waals surface area contributed by atoms with Crippen LogP contribution in [0.5, 0.6) is 11.5 Å². The predicted octanol–water partition coefficient (Wildman–Crippen LogP) is 5.30. The van der Waals surface area contributed by atoms with Crippen molar-refractivity contribution < 1.29 is 9.47 Å². The summed E-state index contributed by atoms with van der Waals surface area (Å²) >= 11 is 9.00. The standard InChI is InChI=1S/C21H25BrN4O2S/c1-4-5-19-24-25-21(29)26(19)23-12-16-17(22)10-11-18(27-3)20(16)28-13-15-8-6-14(2)7-9-15/h6-11,23H,4-5,12-13H2,1-3H3,(H,25,29). The highest BCUT2D eigenvalue weighted by Crippen LogP contribution is 2.37. The molecule has 0 amide bonds. The molecule has 0 unspecified atom stereocenters. The summed E-state index contributed by atoms with van der Waals surface area (Å²) in [5.74, 6) is 2.25. The average molecular weight is 477 g/mol. The van der Waals surface area contributed by atoms with Gasteiger partial charge >= 0.3 is 0 Å². The number of aromatic nitrogens is 3. The zero-order valence-corrected chi connectivity index (χ0v) is 19.2. The van der Waals surface area contributed by atoms with Crippen molar-refractivity contribution in [3.8, 4) is 11.5 Å². The van der Waals surface area contributed by atoms with Gasteiger partial charge in [-0.25, -0.2) is 4.68 Å². The van der Waals surface area contributed by atoms with Crippen LogP contribution in [-0.2, 0) is 19.6 Å². The van der Waals surface area contributed by atoms with E-state index in [0.29, 0.717) is 29.4 Å². The Morgan fingerprint density at radius 2 is 1.97 bits per heavy atom. The number of halogens is 1. The normalized spacial score (nSPS) is 10.8. The highest BCUT2D eigenvalue weighted by molar-refractivity contribution is 9.10. The number of methoxy groups -OCH3 is 1. The fourth-order valence-corrected chi connectivity index (χ4v) is 3.62. The monoisotopic (exact) mass is 476 g/mol. The molecule has 1 aromatic heterocycles. The second-order valence-corrected chi connectivity index (χ2v) is 7.94. The van der Waals surface area contributed by atoms with Crippen LogP contribution in [0.4, 0.5) is 0 Å². The lowest BCUT2D eigenvalue weighted by atomic mass is 10.1. The molecule has 0 atom stereocenters. The molecule has 6 nitrogen and oxygen atoms in total. The molecular formula is C21H25BrN4O2S. The lowest BCUT2D eigenvalue weighted by molar-refractivity contribution is 0.281. The Hall–Kier alpha value is -2.32. The number of rotatable bonds is 9. The zero-order chi connectivity index (χ0) is 20.8. The van der Waals surface area contributed by atoms with E-state index >= 15 is 0 Å². The molecule has 0 aliphatic heterocycles. The molecule has 0 aliphatic rings. The number of hydrogen-bond donors (Lipinski definition) is 2. The highest BCUT2D eigenvalue weighted by atomic mass is 79.9. The van der Waals surface area contributed by atoms with E-state index in [0.717, 1.165) is 34.3 Å². The summed E-state index contributed by atoms with van der Waals surface area (Å²) in [5.41, 5.74) is 6.62. The maximum atomic E-state index is 6.19. The van der Waals surface area contributed by atoms with E-state index in [2.05, 4.69) is 69.7 Å².